The largest absolute Gasteiger partial charge is 0.479 e. The zero-order valence-electron chi connectivity index (χ0n) is 14.7. The van der Waals surface area contributed by atoms with Crippen LogP contribution in [0.15, 0.2) is 24.3 Å². The van der Waals surface area contributed by atoms with Crippen LogP contribution >= 0.6 is 11.6 Å². The Kier molecular flexibility index (Phi) is 4.58. The van der Waals surface area contributed by atoms with E-state index in [2.05, 4.69) is 5.32 Å². The third-order valence-electron chi connectivity index (χ3n) is 5.87. The maximum atomic E-state index is 12.7. The number of amides is 1. The summed E-state index contributed by atoms with van der Waals surface area (Å²) in [4.78, 5) is 24.6. The molecule has 0 radical (unpaired) electrons. The zero-order valence-corrected chi connectivity index (χ0v) is 15.5. The predicted octanol–water partition coefficient (Wildman–Crippen LogP) is 3.22. The van der Waals surface area contributed by atoms with Gasteiger partial charge in [0.05, 0.1) is 6.10 Å². The van der Waals surface area contributed by atoms with Crippen LogP contribution in [0.5, 0.6) is 0 Å². The van der Waals surface area contributed by atoms with Crippen molar-refractivity contribution in [2.75, 3.05) is 6.61 Å². The molecule has 4 unspecified atom stereocenters. The molecule has 2 N–H and O–H groups in total. The minimum absolute atomic E-state index is 0.107. The lowest BCUT2D eigenvalue weighted by atomic mass is 9.54. The Bertz CT molecular complexity index is 704. The summed E-state index contributed by atoms with van der Waals surface area (Å²) in [6.45, 7) is 6.09. The van der Waals surface area contributed by atoms with Gasteiger partial charge in [0.1, 0.15) is 5.54 Å². The number of nitrogens with one attached hydrogen (secondary N) is 1. The maximum absolute atomic E-state index is 12.7. The van der Waals surface area contributed by atoms with Crippen molar-refractivity contribution in [3.63, 3.8) is 0 Å². The summed E-state index contributed by atoms with van der Waals surface area (Å²) < 4.78 is 5.63. The molecule has 2 fully saturated rings. The molecule has 3 rings (SSSR count). The second-order valence-corrected chi connectivity index (χ2v) is 8.01. The van der Waals surface area contributed by atoms with Crippen LogP contribution in [0.1, 0.15) is 45.1 Å². The Morgan fingerprint density at radius 1 is 1.40 bits per heavy atom. The number of carboxylic acids is 1. The lowest BCUT2D eigenvalue weighted by Crippen LogP contribution is -2.76. The van der Waals surface area contributed by atoms with Gasteiger partial charge in [-0.15, -0.1) is 0 Å². The molecular formula is C19H24ClNO4. The summed E-state index contributed by atoms with van der Waals surface area (Å²) in [7, 11) is 0. The van der Waals surface area contributed by atoms with E-state index in [1.54, 1.807) is 6.07 Å². The van der Waals surface area contributed by atoms with Gasteiger partial charge in [0, 0.05) is 29.4 Å². The predicted molar refractivity (Wildman–Crippen MR) is 94.6 cm³/mol. The van der Waals surface area contributed by atoms with Gasteiger partial charge in [-0.3, -0.25) is 4.79 Å². The molecule has 2 aliphatic rings. The van der Waals surface area contributed by atoms with E-state index in [1.165, 1.54) is 0 Å². The number of carbonyl (C=O) groups is 2. The molecule has 1 amide bonds. The van der Waals surface area contributed by atoms with Crippen molar-refractivity contribution in [1.82, 2.24) is 5.32 Å². The lowest BCUT2D eigenvalue weighted by molar-refractivity contribution is -0.194. The SMILES string of the molecule is CCOC1CC(NC(=O)C2CC2c2cccc(Cl)c2)(C(=O)O)C1(C)C. The minimum Gasteiger partial charge on any atom is -0.479 e. The first kappa shape index (κ1) is 18.2. The number of carboxylic acid groups (broad SMARTS) is 1. The molecule has 4 atom stereocenters. The van der Waals surface area contributed by atoms with Crippen LogP contribution in [0.2, 0.25) is 5.02 Å². The average Bonchev–Trinajstić information content (AvgIpc) is 3.34. The Morgan fingerprint density at radius 2 is 2.12 bits per heavy atom. The fourth-order valence-electron chi connectivity index (χ4n) is 3.93. The number of carbonyl (C=O) groups excluding carboxylic acids is 1. The van der Waals surface area contributed by atoms with Gasteiger partial charge in [-0.2, -0.15) is 0 Å². The highest BCUT2D eigenvalue weighted by Gasteiger charge is 2.67. The maximum Gasteiger partial charge on any atom is 0.330 e. The molecule has 2 saturated carbocycles. The Morgan fingerprint density at radius 3 is 2.68 bits per heavy atom. The van der Waals surface area contributed by atoms with E-state index in [0.717, 1.165) is 12.0 Å². The van der Waals surface area contributed by atoms with Crippen molar-refractivity contribution >= 4 is 23.5 Å². The second-order valence-electron chi connectivity index (χ2n) is 7.57. The first-order valence-electron chi connectivity index (χ1n) is 8.65. The number of hydrogen-bond acceptors (Lipinski definition) is 3. The van der Waals surface area contributed by atoms with Crippen molar-refractivity contribution in [3.05, 3.63) is 34.9 Å². The van der Waals surface area contributed by atoms with Crippen LogP contribution < -0.4 is 5.32 Å². The van der Waals surface area contributed by atoms with E-state index >= 15 is 0 Å². The number of hydrogen-bond donors (Lipinski definition) is 2. The molecule has 2 aliphatic carbocycles. The number of rotatable bonds is 6. The van der Waals surface area contributed by atoms with E-state index in [9.17, 15) is 14.7 Å². The van der Waals surface area contributed by atoms with Gasteiger partial charge in [-0.25, -0.2) is 4.79 Å². The summed E-state index contributed by atoms with van der Waals surface area (Å²) in [6, 6.07) is 7.48. The Balaban J connectivity index is 1.71. The van der Waals surface area contributed by atoms with Crippen LogP contribution in [0.4, 0.5) is 0 Å². The van der Waals surface area contributed by atoms with Crippen LogP contribution in [0, 0.1) is 11.3 Å². The van der Waals surface area contributed by atoms with Gasteiger partial charge >= 0.3 is 5.97 Å². The number of benzene rings is 1. The highest BCUT2D eigenvalue weighted by atomic mass is 35.5. The Labute approximate surface area is 152 Å². The highest BCUT2D eigenvalue weighted by molar-refractivity contribution is 6.30. The van der Waals surface area contributed by atoms with Crippen LogP contribution in [-0.2, 0) is 14.3 Å². The van der Waals surface area contributed by atoms with Crippen molar-refractivity contribution in [2.45, 2.75) is 51.2 Å². The van der Waals surface area contributed by atoms with Crippen LogP contribution in [-0.4, -0.2) is 35.2 Å². The first-order chi connectivity index (χ1) is 11.7. The molecule has 0 heterocycles. The summed E-state index contributed by atoms with van der Waals surface area (Å²) >= 11 is 6.01. The van der Waals surface area contributed by atoms with Gasteiger partial charge in [0.15, 0.2) is 0 Å². The van der Waals surface area contributed by atoms with Gasteiger partial charge in [0.25, 0.3) is 0 Å². The van der Waals surface area contributed by atoms with Crippen molar-refractivity contribution in [2.24, 2.45) is 11.3 Å². The first-order valence-corrected chi connectivity index (χ1v) is 9.03. The minimum atomic E-state index is -1.27. The molecule has 0 aliphatic heterocycles. The monoisotopic (exact) mass is 365 g/mol. The Hall–Kier alpha value is -1.59. The molecule has 6 heteroatoms. The molecular weight excluding hydrogens is 342 g/mol. The normalized spacial score (nSPS) is 32.6. The molecule has 1 aromatic carbocycles. The number of aliphatic carboxylic acids is 1. The quantitative estimate of drug-likeness (QED) is 0.811. The number of ether oxygens (including phenoxy) is 1. The molecule has 0 saturated heterocycles. The van der Waals surface area contributed by atoms with Crippen molar-refractivity contribution in [1.29, 1.82) is 0 Å². The third-order valence-corrected chi connectivity index (χ3v) is 6.11. The van der Waals surface area contributed by atoms with Crippen molar-refractivity contribution in [3.8, 4) is 0 Å². The topological polar surface area (TPSA) is 75.6 Å². The summed E-state index contributed by atoms with van der Waals surface area (Å²) in [5.41, 5.74) is -0.909. The smallest absolute Gasteiger partial charge is 0.330 e. The molecule has 136 valence electrons. The van der Waals surface area contributed by atoms with Gasteiger partial charge in [0.2, 0.25) is 5.91 Å². The molecule has 25 heavy (non-hydrogen) atoms. The molecule has 1 aromatic rings. The van der Waals surface area contributed by atoms with E-state index in [0.29, 0.717) is 18.1 Å². The summed E-state index contributed by atoms with van der Waals surface area (Å²) in [5.74, 6) is -1.29. The van der Waals surface area contributed by atoms with E-state index in [1.807, 2.05) is 39.0 Å². The molecule has 0 bridgehead atoms. The van der Waals surface area contributed by atoms with Crippen molar-refractivity contribution < 1.29 is 19.4 Å². The zero-order chi connectivity index (χ0) is 18.4. The molecule has 0 spiro atoms. The van der Waals surface area contributed by atoms with Crippen LogP contribution in [0.25, 0.3) is 0 Å². The summed E-state index contributed by atoms with van der Waals surface area (Å²) in [6.07, 6.45) is 0.845. The highest BCUT2D eigenvalue weighted by Crippen LogP contribution is 2.53. The summed E-state index contributed by atoms with van der Waals surface area (Å²) in [5, 5.41) is 13.3. The van der Waals surface area contributed by atoms with Gasteiger partial charge in [-0.1, -0.05) is 37.6 Å². The van der Waals surface area contributed by atoms with E-state index < -0.39 is 16.9 Å². The second kappa shape index (κ2) is 6.29. The fourth-order valence-corrected chi connectivity index (χ4v) is 4.13. The van der Waals surface area contributed by atoms with Crippen LogP contribution in [0.3, 0.4) is 0 Å². The van der Waals surface area contributed by atoms with E-state index in [4.69, 9.17) is 16.3 Å². The standard InChI is InChI=1S/C19H24ClNO4/c1-4-25-15-10-19(17(23)24,18(15,2)3)21-16(22)14-9-13(14)11-6-5-7-12(20)8-11/h5-8,13-15H,4,9-10H2,1-3H3,(H,21,22)(H,23,24). The van der Waals surface area contributed by atoms with Gasteiger partial charge in [-0.05, 0) is 37.0 Å². The average molecular weight is 366 g/mol. The van der Waals surface area contributed by atoms with E-state index in [-0.39, 0.29) is 23.8 Å². The number of halogens is 1. The lowest BCUT2D eigenvalue weighted by Gasteiger charge is -2.58. The fraction of sp³-hybridized carbons (Fsp3) is 0.579. The van der Waals surface area contributed by atoms with Gasteiger partial charge < -0.3 is 15.2 Å². The third kappa shape index (κ3) is 2.93. The molecule has 0 aromatic heterocycles. The molecule has 5 nitrogen and oxygen atoms in total.